The second kappa shape index (κ2) is 9.21. The normalized spacial score (nSPS) is 12.1. The van der Waals surface area contributed by atoms with E-state index in [1.165, 1.54) is 0 Å². The molecule has 0 aromatic heterocycles. The van der Waals surface area contributed by atoms with E-state index in [0.717, 1.165) is 0 Å². The molecule has 9 nitrogen and oxygen atoms in total. The Morgan fingerprint density at radius 1 is 0.800 bits per heavy atom. The van der Waals surface area contributed by atoms with Gasteiger partial charge >= 0.3 is 0 Å². The van der Waals surface area contributed by atoms with E-state index >= 15 is 0 Å². The number of carbonyl (C=O) groups excluding carboxylic acids is 3. The van der Waals surface area contributed by atoms with Crippen LogP contribution in [0, 0.1) is 0 Å². The first-order valence-corrected chi connectivity index (χ1v) is 2.86. The minimum absolute atomic E-state index is 0. The largest absolute Gasteiger partial charge is 0.652 e. The van der Waals surface area contributed by atoms with Crippen molar-refractivity contribution < 1.29 is 62.1 Å². The van der Waals surface area contributed by atoms with E-state index in [-0.39, 0.29) is 17.1 Å². The smallest absolute Gasteiger partial charge is 0.124 e. The summed E-state index contributed by atoms with van der Waals surface area (Å²) in [5.74, 6) is -4.12. The molecule has 0 aliphatic rings. The van der Waals surface area contributed by atoms with Crippen molar-refractivity contribution in [2.45, 2.75) is 12.2 Å². The summed E-state index contributed by atoms with van der Waals surface area (Å²) in [6, 6.07) is 0. The van der Waals surface area contributed by atoms with Gasteiger partial charge in [0.25, 0.3) is 0 Å². The second-order valence-electron chi connectivity index (χ2n) is 1.78. The van der Waals surface area contributed by atoms with Gasteiger partial charge in [0, 0.05) is 17.1 Å². The third-order valence-corrected chi connectivity index (χ3v) is 0.782. The van der Waals surface area contributed by atoms with Crippen LogP contribution in [-0.2, 0) is 26.7 Å². The zero-order valence-electron chi connectivity index (χ0n) is 6.71. The van der Waals surface area contributed by atoms with Gasteiger partial charge in [-0.05, 0) is 6.16 Å². The van der Waals surface area contributed by atoms with Crippen molar-refractivity contribution in [3.63, 3.8) is 0 Å². The summed E-state index contributed by atoms with van der Waals surface area (Å²) in [6.07, 6.45) is -7.21. The molecule has 0 fully saturated rings. The van der Waals surface area contributed by atoms with Crippen molar-refractivity contribution in [2.75, 3.05) is 0 Å². The molecule has 0 amide bonds. The molecule has 0 rings (SSSR count). The molecule has 93 valence electrons. The Hall–Kier alpha value is -1.35. The SMILES string of the molecule is O=C([O-])C(O)C(O)C(=O)[O-].O=C([O-])[O-].[Cu]. The Morgan fingerprint density at radius 2 is 0.933 bits per heavy atom. The third-order valence-electron chi connectivity index (χ3n) is 0.782. The van der Waals surface area contributed by atoms with Gasteiger partial charge in [0.05, 0.1) is 11.9 Å². The molecule has 0 bridgehead atoms. The molecule has 0 saturated carbocycles. The summed E-state index contributed by atoms with van der Waals surface area (Å²) in [7, 11) is 0. The van der Waals surface area contributed by atoms with Crippen molar-refractivity contribution in [3.05, 3.63) is 0 Å². The molecule has 10 heteroatoms. The summed E-state index contributed by atoms with van der Waals surface area (Å²) in [5.41, 5.74) is 0. The maximum Gasteiger partial charge on any atom is 0.124 e. The second-order valence-corrected chi connectivity index (χ2v) is 1.78. The maximum atomic E-state index is 9.63. The summed E-state index contributed by atoms with van der Waals surface area (Å²) >= 11 is 0. The predicted molar refractivity (Wildman–Crippen MR) is 27.4 cm³/mol. The van der Waals surface area contributed by atoms with E-state index in [9.17, 15) is 19.8 Å². The van der Waals surface area contributed by atoms with E-state index < -0.39 is 30.3 Å². The van der Waals surface area contributed by atoms with Gasteiger partial charge in [-0.1, -0.05) is 0 Å². The van der Waals surface area contributed by atoms with Crippen LogP contribution in [0.4, 0.5) is 4.79 Å². The molecule has 1 radical (unpaired) electrons. The minimum atomic E-state index is -2.44. The van der Waals surface area contributed by atoms with Gasteiger partial charge in [0.1, 0.15) is 12.2 Å². The first-order chi connectivity index (χ1) is 6.20. The molecular weight excluding hydrogens is 268 g/mol. The Balaban J connectivity index is -0.000000249. The van der Waals surface area contributed by atoms with Crippen molar-refractivity contribution in [3.8, 4) is 0 Å². The predicted octanol–water partition coefficient (Wildman–Crippen LogP) is -7.24. The van der Waals surface area contributed by atoms with Crippen molar-refractivity contribution in [2.24, 2.45) is 0 Å². The molecule has 0 aromatic carbocycles. The van der Waals surface area contributed by atoms with Gasteiger partial charge in [-0.3, -0.25) is 0 Å². The number of carboxylic acids is 2. The van der Waals surface area contributed by atoms with E-state index in [1.54, 1.807) is 0 Å². The zero-order chi connectivity index (χ0) is 11.9. The molecule has 0 aliphatic carbocycles. The Morgan fingerprint density at radius 3 is 1.00 bits per heavy atom. The van der Waals surface area contributed by atoms with Crippen LogP contribution >= 0.6 is 0 Å². The fourth-order valence-corrected chi connectivity index (χ4v) is 0.258. The molecule has 2 atom stereocenters. The van der Waals surface area contributed by atoms with Gasteiger partial charge in [0.15, 0.2) is 0 Å². The van der Waals surface area contributed by atoms with E-state index in [2.05, 4.69) is 0 Å². The van der Waals surface area contributed by atoms with Gasteiger partial charge in [-0.15, -0.1) is 0 Å². The monoisotopic (exact) mass is 271 g/mol. The van der Waals surface area contributed by atoms with Crippen molar-refractivity contribution >= 4 is 18.1 Å². The quantitative estimate of drug-likeness (QED) is 0.470. The number of carbonyl (C=O) groups is 3. The van der Waals surface area contributed by atoms with Crippen LogP contribution in [-0.4, -0.2) is 40.5 Å². The van der Waals surface area contributed by atoms with Gasteiger partial charge < -0.3 is 45.0 Å². The summed E-state index contributed by atoms with van der Waals surface area (Å²) < 4.78 is 0. The molecule has 0 spiro atoms. The number of aliphatic hydroxyl groups excluding tert-OH is 2. The van der Waals surface area contributed by atoms with Crippen LogP contribution in [0.5, 0.6) is 0 Å². The maximum absolute atomic E-state index is 9.63. The summed E-state index contributed by atoms with van der Waals surface area (Å²) in [5, 5.41) is 52.4. The van der Waals surface area contributed by atoms with Gasteiger partial charge in [-0.25, -0.2) is 0 Å². The van der Waals surface area contributed by atoms with Crippen molar-refractivity contribution in [1.29, 1.82) is 0 Å². The van der Waals surface area contributed by atoms with Gasteiger partial charge in [0.2, 0.25) is 0 Å². The van der Waals surface area contributed by atoms with E-state index in [1.807, 2.05) is 0 Å². The minimum Gasteiger partial charge on any atom is -0.652 e. The Kier molecular flexibility index (Phi) is 11.8. The average molecular weight is 272 g/mol. The zero-order valence-corrected chi connectivity index (χ0v) is 7.65. The number of hydrogen-bond donors (Lipinski definition) is 2. The molecule has 15 heavy (non-hydrogen) atoms. The first-order valence-electron chi connectivity index (χ1n) is 2.86. The molecular formula is C5H4CuO9-4. The number of carboxylic acid groups (broad SMARTS) is 4. The fourth-order valence-electron chi connectivity index (χ4n) is 0.258. The van der Waals surface area contributed by atoms with Crippen LogP contribution in [0.2, 0.25) is 0 Å². The summed E-state index contributed by atoms with van der Waals surface area (Å²) in [6.45, 7) is 0. The number of aliphatic hydroxyl groups is 2. The van der Waals surface area contributed by atoms with Gasteiger partial charge in [-0.2, -0.15) is 0 Å². The van der Waals surface area contributed by atoms with Crippen LogP contribution in [0.15, 0.2) is 0 Å². The average Bonchev–Trinajstić information content (AvgIpc) is 2.00. The van der Waals surface area contributed by atoms with Crippen LogP contribution in [0.3, 0.4) is 0 Å². The Labute approximate surface area is 93.1 Å². The number of rotatable bonds is 3. The van der Waals surface area contributed by atoms with Crippen LogP contribution in [0.25, 0.3) is 0 Å². The van der Waals surface area contributed by atoms with Crippen LogP contribution < -0.4 is 20.4 Å². The molecule has 0 aromatic rings. The van der Waals surface area contributed by atoms with Crippen LogP contribution in [0.1, 0.15) is 0 Å². The number of hydrogen-bond acceptors (Lipinski definition) is 9. The fraction of sp³-hybridized carbons (Fsp3) is 0.400. The molecule has 0 aliphatic heterocycles. The molecule has 2 unspecified atom stereocenters. The van der Waals surface area contributed by atoms with Crippen molar-refractivity contribution in [1.82, 2.24) is 0 Å². The van der Waals surface area contributed by atoms with E-state index in [0.29, 0.717) is 0 Å². The molecule has 0 saturated heterocycles. The third kappa shape index (κ3) is 12.6. The van der Waals surface area contributed by atoms with E-state index in [4.69, 9.17) is 25.2 Å². The topological polar surface area (TPSA) is 184 Å². The molecule has 0 heterocycles. The first kappa shape index (κ1) is 19.3. The summed E-state index contributed by atoms with van der Waals surface area (Å²) in [4.78, 5) is 27.6. The molecule has 2 N–H and O–H groups in total. The Bertz CT molecular complexity index is 205. The standard InChI is InChI=1S/C4H6O6.CH2O3.Cu/c5-1(3(7)8)2(6)4(9)10;2-1(3)4;/h1-2,5-6H,(H,7,8)(H,9,10);(H2,2,3,4);/p-4. The number of aliphatic carboxylic acids is 2.